The summed E-state index contributed by atoms with van der Waals surface area (Å²) in [5, 5.41) is 4.23. The maximum Gasteiger partial charge on any atom is 0.296 e. The summed E-state index contributed by atoms with van der Waals surface area (Å²) in [6.07, 6.45) is 5.04. The molecule has 0 saturated carbocycles. The number of hydrogen-bond acceptors (Lipinski definition) is 7. The van der Waals surface area contributed by atoms with Gasteiger partial charge >= 0.3 is 0 Å². The molecule has 0 saturated heterocycles. The van der Waals surface area contributed by atoms with E-state index in [0.717, 1.165) is 40.7 Å². The van der Waals surface area contributed by atoms with Gasteiger partial charge in [0.15, 0.2) is 11.5 Å². The highest BCUT2D eigenvalue weighted by Crippen LogP contribution is 2.28. The summed E-state index contributed by atoms with van der Waals surface area (Å²) in [5.74, 6) is 0.856. The number of ether oxygens (including phenoxy) is 2. The molecule has 7 nitrogen and oxygen atoms in total. The third-order valence-electron chi connectivity index (χ3n) is 5.23. The first kappa shape index (κ1) is 23.6. The third kappa shape index (κ3) is 5.31. The number of aromatic nitrogens is 3. The molecule has 176 valence electrons. The minimum atomic E-state index is -0.511. The number of fused-ring (bicyclic) bond motifs is 1. The van der Waals surface area contributed by atoms with Crippen LogP contribution in [-0.4, -0.2) is 28.3 Å². The Morgan fingerprint density at radius 1 is 1.09 bits per heavy atom. The minimum Gasteiger partial charge on any atom is -0.493 e. The van der Waals surface area contributed by atoms with Gasteiger partial charge in [0.05, 0.1) is 18.2 Å². The van der Waals surface area contributed by atoms with Crippen molar-refractivity contribution in [2.45, 2.75) is 32.6 Å². The van der Waals surface area contributed by atoms with Crippen LogP contribution in [0.2, 0.25) is 0 Å². The minimum absolute atomic E-state index is 0.122. The molecule has 0 aliphatic heterocycles. The molecular weight excluding hydrogens is 457 g/mol. The molecule has 0 spiro atoms. The van der Waals surface area contributed by atoms with Gasteiger partial charge in [0.2, 0.25) is 4.96 Å². The topological polar surface area (TPSA) is 82.8 Å². The zero-order valence-corrected chi connectivity index (χ0v) is 19.7. The second-order valence-corrected chi connectivity index (χ2v) is 8.75. The van der Waals surface area contributed by atoms with Gasteiger partial charge < -0.3 is 9.47 Å². The second kappa shape index (κ2) is 10.6. The Hall–Kier alpha value is -3.59. The van der Waals surface area contributed by atoms with Gasteiger partial charge in [-0.15, -0.1) is 0 Å². The van der Waals surface area contributed by atoms with E-state index in [4.69, 9.17) is 9.47 Å². The van der Waals surface area contributed by atoms with Crippen molar-refractivity contribution in [3.05, 3.63) is 90.3 Å². The zero-order chi connectivity index (χ0) is 24.1. The van der Waals surface area contributed by atoms with Crippen LogP contribution < -0.4 is 25.1 Å². The SMILES string of the molecule is CCCCCOc1ccc(C=c2sc3nc(=O)c(Cc4ccc(F)cc4)nn3c2=O)cc1OC. The smallest absolute Gasteiger partial charge is 0.296 e. The van der Waals surface area contributed by atoms with E-state index in [1.165, 1.54) is 12.1 Å². The maximum absolute atomic E-state index is 13.1. The van der Waals surface area contributed by atoms with E-state index < -0.39 is 5.56 Å². The van der Waals surface area contributed by atoms with Crippen LogP contribution in [0.4, 0.5) is 4.39 Å². The average molecular weight is 482 g/mol. The summed E-state index contributed by atoms with van der Waals surface area (Å²) < 4.78 is 25.9. The first-order valence-corrected chi connectivity index (χ1v) is 11.8. The van der Waals surface area contributed by atoms with Crippen molar-refractivity contribution in [3.63, 3.8) is 0 Å². The molecule has 0 radical (unpaired) electrons. The van der Waals surface area contributed by atoms with Gasteiger partial charge in [-0.1, -0.05) is 49.3 Å². The van der Waals surface area contributed by atoms with Crippen molar-refractivity contribution >= 4 is 22.4 Å². The van der Waals surface area contributed by atoms with E-state index in [2.05, 4.69) is 17.0 Å². The molecular formula is C25H24FN3O4S. The quantitative estimate of drug-likeness (QED) is 0.341. The lowest BCUT2D eigenvalue weighted by molar-refractivity contribution is 0.286. The first-order chi connectivity index (χ1) is 16.5. The molecule has 0 unspecified atom stereocenters. The highest BCUT2D eigenvalue weighted by atomic mass is 32.1. The average Bonchev–Trinajstić information content (AvgIpc) is 3.13. The van der Waals surface area contributed by atoms with Crippen LogP contribution in [0.25, 0.3) is 11.0 Å². The molecule has 0 atom stereocenters. The van der Waals surface area contributed by atoms with Gasteiger partial charge in [0.25, 0.3) is 11.1 Å². The Morgan fingerprint density at radius 3 is 2.62 bits per heavy atom. The Bertz CT molecular complexity index is 1460. The van der Waals surface area contributed by atoms with E-state index >= 15 is 0 Å². The standard InChI is InChI=1S/C25H24FN3O4S/c1-3-4-5-12-33-20-11-8-17(14-21(20)32-2)15-22-24(31)29-25(34-22)27-23(30)19(28-29)13-16-6-9-18(26)10-7-16/h6-11,14-15H,3-5,12-13H2,1-2H3. The summed E-state index contributed by atoms with van der Waals surface area (Å²) in [4.78, 5) is 29.6. The molecule has 0 bridgehead atoms. The predicted molar refractivity (Wildman–Crippen MR) is 129 cm³/mol. The van der Waals surface area contributed by atoms with E-state index in [1.54, 1.807) is 31.4 Å². The number of nitrogens with zero attached hydrogens (tertiary/aromatic N) is 3. The number of halogens is 1. The number of hydrogen-bond donors (Lipinski definition) is 0. The van der Waals surface area contributed by atoms with Gasteiger partial charge in [0.1, 0.15) is 11.5 Å². The molecule has 0 N–H and O–H groups in total. The van der Waals surface area contributed by atoms with Crippen molar-refractivity contribution in [1.29, 1.82) is 0 Å². The summed E-state index contributed by atoms with van der Waals surface area (Å²) in [6.45, 7) is 2.75. The van der Waals surface area contributed by atoms with Gasteiger partial charge in [0, 0.05) is 6.42 Å². The summed E-state index contributed by atoms with van der Waals surface area (Å²) in [7, 11) is 1.57. The van der Waals surface area contributed by atoms with Gasteiger partial charge in [-0.05, 0) is 47.9 Å². The lowest BCUT2D eigenvalue weighted by atomic mass is 10.1. The maximum atomic E-state index is 13.1. The van der Waals surface area contributed by atoms with Gasteiger partial charge in [-0.3, -0.25) is 9.59 Å². The van der Waals surface area contributed by atoms with Gasteiger partial charge in [-0.2, -0.15) is 14.6 Å². The number of benzene rings is 2. The van der Waals surface area contributed by atoms with Crippen molar-refractivity contribution in [3.8, 4) is 11.5 Å². The largest absolute Gasteiger partial charge is 0.493 e. The lowest BCUT2D eigenvalue weighted by Crippen LogP contribution is -2.28. The van der Waals surface area contributed by atoms with Crippen molar-refractivity contribution < 1.29 is 13.9 Å². The number of thiazole rings is 1. The fourth-order valence-electron chi connectivity index (χ4n) is 3.43. The Labute approximate surface area is 199 Å². The fourth-order valence-corrected chi connectivity index (χ4v) is 4.33. The third-order valence-corrected chi connectivity index (χ3v) is 6.19. The molecule has 2 heterocycles. The van der Waals surface area contributed by atoms with Gasteiger partial charge in [-0.25, -0.2) is 4.39 Å². The molecule has 0 aliphatic rings. The highest BCUT2D eigenvalue weighted by Gasteiger charge is 2.12. The molecule has 4 aromatic rings. The molecule has 0 amide bonds. The molecule has 0 aliphatic carbocycles. The number of methoxy groups -OCH3 is 1. The Kier molecular flexibility index (Phi) is 7.32. The van der Waals surface area contributed by atoms with E-state index in [0.29, 0.717) is 28.2 Å². The van der Waals surface area contributed by atoms with Crippen LogP contribution in [0.5, 0.6) is 11.5 Å². The van der Waals surface area contributed by atoms with Crippen molar-refractivity contribution in [2.75, 3.05) is 13.7 Å². The van der Waals surface area contributed by atoms with Crippen molar-refractivity contribution in [1.82, 2.24) is 14.6 Å². The van der Waals surface area contributed by atoms with Crippen LogP contribution in [0.1, 0.15) is 43.0 Å². The summed E-state index contributed by atoms with van der Waals surface area (Å²) in [6, 6.07) is 11.2. The fraction of sp³-hybridized carbons (Fsp3) is 0.280. The normalized spacial score (nSPS) is 11.8. The van der Waals surface area contributed by atoms with Crippen LogP contribution in [0.15, 0.2) is 52.1 Å². The Morgan fingerprint density at radius 2 is 1.88 bits per heavy atom. The molecule has 0 fully saturated rings. The second-order valence-electron chi connectivity index (χ2n) is 7.74. The van der Waals surface area contributed by atoms with Crippen LogP contribution in [0, 0.1) is 5.82 Å². The number of unbranched alkanes of at least 4 members (excludes halogenated alkanes) is 2. The van der Waals surface area contributed by atoms with E-state index in [9.17, 15) is 14.0 Å². The van der Waals surface area contributed by atoms with Crippen LogP contribution in [0.3, 0.4) is 0 Å². The van der Waals surface area contributed by atoms with E-state index in [-0.39, 0.29) is 28.5 Å². The molecule has 34 heavy (non-hydrogen) atoms. The molecule has 2 aromatic heterocycles. The first-order valence-electron chi connectivity index (χ1n) is 11.0. The Balaban J connectivity index is 1.64. The molecule has 2 aromatic carbocycles. The van der Waals surface area contributed by atoms with Crippen LogP contribution >= 0.6 is 11.3 Å². The molecule has 4 rings (SSSR count). The predicted octanol–water partition coefficient (Wildman–Crippen LogP) is 3.37. The van der Waals surface area contributed by atoms with Crippen LogP contribution in [-0.2, 0) is 6.42 Å². The highest BCUT2D eigenvalue weighted by molar-refractivity contribution is 7.15. The van der Waals surface area contributed by atoms with E-state index in [1.807, 2.05) is 12.1 Å². The summed E-state index contributed by atoms with van der Waals surface area (Å²) >= 11 is 1.09. The monoisotopic (exact) mass is 481 g/mol. The van der Waals surface area contributed by atoms with Crippen molar-refractivity contribution in [2.24, 2.45) is 0 Å². The number of rotatable bonds is 9. The summed E-state index contributed by atoms with van der Waals surface area (Å²) in [5.41, 5.74) is 0.689. The lowest BCUT2D eigenvalue weighted by Gasteiger charge is -2.11. The molecule has 9 heteroatoms. The zero-order valence-electron chi connectivity index (χ0n) is 18.9.